The Morgan fingerprint density at radius 3 is 2.50 bits per heavy atom. The second-order valence-corrected chi connectivity index (χ2v) is 4.82. The van der Waals surface area contributed by atoms with E-state index in [-0.39, 0.29) is 0 Å². The van der Waals surface area contributed by atoms with Crippen LogP contribution in [0.4, 0.5) is 5.82 Å². The molecule has 0 fully saturated rings. The quantitative estimate of drug-likeness (QED) is 0.838. The van der Waals surface area contributed by atoms with Crippen LogP contribution < -0.4 is 9.64 Å². The number of hydrogen-bond donors (Lipinski definition) is 0. The number of hydrogen-bond acceptors (Lipinski definition) is 4. The zero-order valence-corrected chi connectivity index (χ0v) is 12.6. The van der Waals surface area contributed by atoms with Crippen molar-refractivity contribution >= 4 is 5.82 Å². The standard InChI is InChI=1S/C16H21N3O/c1-5-14-10-17-12(2)18-16(14)19(3)11-13-6-8-15(20-4)9-7-13/h6-10H,5,11H2,1-4H3. The lowest BCUT2D eigenvalue weighted by Gasteiger charge is -2.21. The summed E-state index contributed by atoms with van der Waals surface area (Å²) in [6.07, 6.45) is 2.85. The van der Waals surface area contributed by atoms with Crippen molar-refractivity contribution in [3.05, 3.63) is 47.4 Å². The van der Waals surface area contributed by atoms with Gasteiger partial charge in [0.2, 0.25) is 0 Å². The van der Waals surface area contributed by atoms with Crippen LogP contribution in [0.3, 0.4) is 0 Å². The molecule has 0 atom stereocenters. The molecule has 4 nitrogen and oxygen atoms in total. The number of nitrogens with zero attached hydrogens (tertiary/aromatic N) is 3. The Morgan fingerprint density at radius 2 is 1.90 bits per heavy atom. The lowest BCUT2D eigenvalue weighted by Crippen LogP contribution is -2.20. The van der Waals surface area contributed by atoms with Gasteiger partial charge in [-0.05, 0) is 31.0 Å². The van der Waals surface area contributed by atoms with Gasteiger partial charge in [-0.25, -0.2) is 9.97 Å². The third-order valence-corrected chi connectivity index (χ3v) is 3.28. The molecule has 0 aliphatic heterocycles. The fraction of sp³-hybridized carbons (Fsp3) is 0.375. The highest BCUT2D eigenvalue weighted by Gasteiger charge is 2.10. The minimum Gasteiger partial charge on any atom is -0.497 e. The summed E-state index contributed by atoms with van der Waals surface area (Å²) in [5.74, 6) is 2.69. The second-order valence-electron chi connectivity index (χ2n) is 4.82. The molecule has 0 radical (unpaired) electrons. The van der Waals surface area contributed by atoms with Gasteiger partial charge in [0.25, 0.3) is 0 Å². The predicted molar refractivity (Wildman–Crippen MR) is 81.2 cm³/mol. The van der Waals surface area contributed by atoms with E-state index >= 15 is 0 Å². The molecule has 2 aromatic rings. The van der Waals surface area contributed by atoms with Gasteiger partial charge in [0, 0.05) is 25.4 Å². The summed E-state index contributed by atoms with van der Waals surface area (Å²) in [6, 6.07) is 8.12. The predicted octanol–water partition coefficient (Wildman–Crippen LogP) is 2.99. The molecule has 1 aromatic heterocycles. The van der Waals surface area contributed by atoms with Crippen molar-refractivity contribution in [2.24, 2.45) is 0 Å². The van der Waals surface area contributed by atoms with Gasteiger partial charge in [0.1, 0.15) is 17.4 Å². The van der Waals surface area contributed by atoms with Gasteiger partial charge in [-0.15, -0.1) is 0 Å². The minimum absolute atomic E-state index is 0.804. The first-order chi connectivity index (χ1) is 9.63. The van der Waals surface area contributed by atoms with Crippen LogP contribution in [0, 0.1) is 6.92 Å². The average Bonchev–Trinajstić information content (AvgIpc) is 2.48. The second kappa shape index (κ2) is 6.37. The molecule has 1 heterocycles. The van der Waals surface area contributed by atoms with Crippen LogP contribution in [0.15, 0.2) is 30.5 Å². The summed E-state index contributed by atoms with van der Waals surface area (Å²) in [6.45, 7) is 4.86. The Balaban J connectivity index is 2.18. The van der Waals surface area contributed by atoms with E-state index in [1.54, 1.807) is 7.11 Å². The van der Waals surface area contributed by atoms with Crippen molar-refractivity contribution < 1.29 is 4.74 Å². The van der Waals surface area contributed by atoms with Crippen molar-refractivity contribution in [1.82, 2.24) is 9.97 Å². The SMILES string of the molecule is CCc1cnc(C)nc1N(C)Cc1ccc(OC)cc1. The number of aryl methyl sites for hydroxylation is 2. The molecule has 0 unspecified atom stereocenters. The average molecular weight is 271 g/mol. The first-order valence-electron chi connectivity index (χ1n) is 6.80. The van der Waals surface area contributed by atoms with Gasteiger partial charge in [0.15, 0.2) is 0 Å². The van der Waals surface area contributed by atoms with E-state index in [9.17, 15) is 0 Å². The van der Waals surface area contributed by atoms with Crippen molar-refractivity contribution in [3.63, 3.8) is 0 Å². The monoisotopic (exact) mass is 271 g/mol. The van der Waals surface area contributed by atoms with Gasteiger partial charge >= 0.3 is 0 Å². The highest BCUT2D eigenvalue weighted by atomic mass is 16.5. The number of benzene rings is 1. The Kier molecular flexibility index (Phi) is 4.56. The number of rotatable bonds is 5. The molecule has 1 aromatic carbocycles. The first kappa shape index (κ1) is 14.3. The summed E-state index contributed by atoms with van der Waals surface area (Å²) in [5, 5.41) is 0. The molecule has 0 aliphatic rings. The summed E-state index contributed by atoms with van der Waals surface area (Å²) in [4.78, 5) is 11.0. The maximum atomic E-state index is 5.18. The minimum atomic E-state index is 0.804. The molecule has 0 bridgehead atoms. The van der Waals surface area contributed by atoms with E-state index in [1.165, 1.54) is 11.1 Å². The number of aromatic nitrogens is 2. The molecule has 0 saturated carbocycles. The summed E-state index contributed by atoms with van der Waals surface area (Å²) < 4.78 is 5.18. The fourth-order valence-electron chi connectivity index (χ4n) is 2.14. The van der Waals surface area contributed by atoms with E-state index < -0.39 is 0 Å². The fourth-order valence-corrected chi connectivity index (χ4v) is 2.14. The summed E-state index contributed by atoms with van der Waals surface area (Å²) in [5.41, 5.74) is 2.40. The highest BCUT2D eigenvalue weighted by Crippen LogP contribution is 2.19. The molecule has 2 rings (SSSR count). The third kappa shape index (κ3) is 3.26. The van der Waals surface area contributed by atoms with Crippen molar-refractivity contribution in [2.75, 3.05) is 19.1 Å². The Hall–Kier alpha value is -2.10. The van der Waals surface area contributed by atoms with Gasteiger partial charge in [-0.3, -0.25) is 0 Å². The Labute approximate surface area is 120 Å². The van der Waals surface area contributed by atoms with Crippen LogP contribution in [0.5, 0.6) is 5.75 Å². The number of methoxy groups -OCH3 is 1. The lowest BCUT2D eigenvalue weighted by atomic mass is 10.2. The third-order valence-electron chi connectivity index (χ3n) is 3.28. The molecule has 0 aliphatic carbocycles. The van der Waals surface area contributed by atoms with Crippen LogP contribution in [0.25, 0.3) is 0 Å². The Bertz CT molecular complexity index is 566. The Morgan fingerprint density at radius 1 is 1.20 bits per heavy atom. The maximum absolute atomic E-state index is 5.18. The van der Waals surface area contributed by atoms with Gasteiger partial charge in [-0.1, -0.05) is 19.1 Å². The van der Waals surface area contributed by atoms with E-state index in [0.717, 1.165) is 30.4 Å². The lowest BCUT2D eigenvalue weighted by molar-refractivity contribution is 0.414. The topological polar surface area (TPSA) is 38.2 Å². The molecule has 0 saturated heterocycles. The number of anilines is 1. The van der Waals surface area contributed by atoms with Crippen LogP contribution >= 0.6 is 0 Å². The highest BCUT2D eigenvalue weighted by molar-refractivity contribution is 5.46. The van der Waals surface area contributed by atoms with Crippen LogP contribution in [-0.4, -0.2) is 24.1 Å². The van der Waals surface area contributed by atoms with Crippen molar-refractivity contribution in [1.29, 1.82) is 0 Å². The largest absolute Gasteiger partial charge is 0.497 e. The zero-order valence-electron chi connectivity index (χ0n) is 12.6. The van der Waals surface area contributed by atoms with E-state index in [4.69, 9.17) is 4.74 Å². The van der Waals surface area contributed by atoms with Crippen LogP contribution in [-0.2, 0) is 13.0 Å². The molecular formula is C16H21N3O. The van der Waals surface area contributed by atoms with Crippen molar-refractivity contribution in [2.45, 2.75) is 26.8 Å². The molecule has 106 valence electrons. The maximum Gasteiger partial charge on any atom is 0.135 e. The molecule has 20 heavy (non-hydrogen) atoms. The van der Waals surface area contributed by atoms with Crippen LogP contribution in [0.1, 0.15) is 23.9 Å². The normalized spacial score (nSPS) is 10.4. The molecular weight excluding hydrogens is 250 g/mol. The zero-order chi connectivity index (χ0) is 14.5. The molecule has 0 N–H and O–H groups in total. The summed E-state index contributed by atoms with van der Waals surface area (Å²) >= 11 is 0. The molecule has 0 spiro atoms. The van der Waals surface area contributed by atoms with E-state index in [1.807, 2.05) is 25.3 Å². The smallest absolute Gasteiger partial charge is 0.135 e. The number of ether oxygens (including phenoxy) is 1. The summed E-state index contributed by atoms with van der Waals surface area (Å²) in [7, 11) is 3.74. The van der Waals surface area contributed by atoms with Gasteiger partial charge in [0.05, 0.1) is 7.11 Å². The van der Waals surface area contributed by atoms with Gasteiger partial charge in [-0.2, -0.15) is 0 Å². The van der Waals surface area contributed by atoms with Gasteiger partial charge < -0.3 is 9.64 Å². The molecule has 0 amide bonds. The molecule has 4 heteroatoms. The van der Waals surface area contributed by atoms with E-state index in [2.05, 4.69) is 41.0 Å². The van der Waals surface area contributed by atoms with E-state index in [0.29, 0.717) is 0 Å². The van der Waals surface area contributed by atoms with Crippen LogP contribution in [0.2, 0.25) is 0 Å². The first-order valence-corrected chi connectivity index (χ1v) is 6.80. The van der Waals surface area contributed by atoms with Crippen molar-refractivity contribution in [3.8, 4) is 5.75 Å².